The van der Waals surface area contributed by atoms with Crippen LogP contribution in [0.15, 0.2) is 36.4 Å². The van der Waals surface area contributed by atoms with E-state index in [1.807, 2.05) is 26.0 Å². The third-order valence-corrected chi connectivity index (χ3v) is 5.45. The second-order valence-electron chi connectivity index (χ2n) is 7.19. The quantitative estimate of drug-likeness (QED) is 0.683. The van der Waals surface area contributed by atoms with Crippen molar-refractivity contribution < 1.29 is 19.5 Å². The molecule has 0 unspecified atom stereocenters. The van der Waals surface area contributed by atoms with Gasteiger partial charge in [0.15, 0.2) is 0 Å². The molecule has 3 rings (SSSR count). The van der Waals surface area contributed by atoms with E-state index in [9.17, 15) is 19.5 Å². The normalized spacial score (nSPS) is 27.2. The molecule has 26 heavy (non-hydrogen) atoms. The van der Waals surface area contributed by atoms with Crippen molar-refractivity contribution in [3.05, 3.63) is 42.0 Å². The molecule has 2 amide bonds. The van der Waals surface area contributed by atoms with E-state index in [0.29, 0.717) is 11.3 Å². The molecular weight excluding hydrogens is 332 g/mol. The van der Waals surface area contributed by atoms with E-state index in [1.54, 1.807) is 24.3 Å². The number of benzene rings is 1. The van der Waals surface area contributed by atoms with E-state index in [-0.39, 0.29) is 29.7 Å². The van der Waals surface area contributed by atoms with Crippen LogP contribution in [0.25, 0.3) is 0 Å². The van der Waals surface area contributed by atoms with Crippen LogP contribution in [0, 0.1) is 23.7 Å². The molecule has 1 saturated carbocycles. The second-order valence-corrected chi connectivity index (χ2v) is 7.19. The molecule has 0 spiro atoms. The van der Waals surface area contributed by atoms with Crippen molar-refractivity contribution in [2.75, 3.05) is 5.32 Å². The van der Waals surface area contributed by atoms with Crippen LogP contribution < -0.4 is 10.6 Å². The Labute approximate surface area is 152 Å². The van der Waals surface area contributed by atoms with Gasteiger partial charge in [0.2, 0.25) is 5.91 Å². The van der Waals surface area contributed by atoms with Crippen molar-refractivity contribution in [2.45, 2.75) is 32.7 Å². The Morgan fingerprint density at radius 3 is 2.31 bits per heavy atom. The molecule has 5 atom stereocenters. The second kappa shape index (κ2) is 7.32. The number of rotatable bonds is 6. The Hall–Kier alpha value is -2.63. The number of carboxylic acids is 1. The largest absolute Gasteiger partial charge is 0.481 e. The summed E-state index contributed by atoms with van der Waals surface area (Å²) in [6, 6.07) is 6.75. The summed E-state index contributed by atoms with van der Waals surface area (Å²) in [7, 11) is 0. The summed E-state index contributed by atoms with van der Waals surface area (Å²) in [4.78, 5) is 36.3. The summed E-state index contributed by atoms with van der Waals surface area (Å²) in [6.45, 7) is 3.94. The maximum atomic E-state index is 12.6. The van der Waals surface area contributed by atoms with Gasteiger partial charge in [-0.25, -0.2) is 0 Å². The Morgan fingerprint density at radius 2 is 1.73 bits per heavy atom. The van der Waals surface area contributed by atoms with Crippen molar-refractivity contribution in [2.24, 2.45) is 23.7 Å². The number of carboxylic acid groups (broad SMARTS) is 1. The van der Waals surface area contributed by atoms with Gasteiger partial charge in [-0.1, -0.05) is 19.1 Å². The lowest BCUT2D eigenvalue weighted by Gasteiger charge is -2.23. The maximum absolute atomic E-state index is 12.6. The highest BCUT2D eigenvalue weighted by Gasteiger charge is 2.51. The van der Waals surface area contributed by atoms with Crippen LogP contribution in [0.4, 0.5) is 5.69 Å². The summed E-state index contributed by atoms with van der Waals surface area (Å²) in [5.74, 6) is -2.62. The molecule has 2 aliphatic rings. The van der Waals surface area contributed by atoms with Gasteiger partial charge in [-0.05, 0) is 55.9 Å². The first kappa shape index (κ1) is 18.2. The van der Waals surface area contributed by atoms with Crippen molar-refractivity contribution in [1.82, 2.24) is 5.32 Å². The van der Waals surface area contributed by atoms with Gasteiger partial charge >= 0.3 is 5.97 Å². The van der Waals surface area contributed by atoms with Crippen LogP contribution >= 0.6 is 0 Å². The van der Waals surface area contributed by atoms with Crippen LogP contribution in [-0.2, 0) is 9.59 Å². The number of amides is 2. The average molecular weight is 356 g/mol. The van der Waals surface area contributed by atoms with Crippen LogP contribution in [0.2, 0.25) is 0 Å². The van der Waals surface area contributed by atoms with E-state index in [0.717, 1.165) is 12.8 Å². The minimum Gasteiger partial charge on any atom is -0.481 e. The molecule has 0 saturated heterocycles. The minimum atomic E-state index is -0.918. The topological polar surface area (TPSA) is 95.5 Å². The van der Waals surface area contributed by atoms with Gasteiger partial charge in [0.1, 0.15) is 0 Å². The molecule has 1 fully saturated rings. The summed E-state index contributed by atoms with van der Waals surface area (Å²) >= 11 is 0. The molecule has 0 aliphatic heterocycles. The number of aliphatic carboxylic acids is 1. The third kappa shape index (κ3) is 3.49. The smallest absolute Gasteiger partial charge is 0.307 e. The van der Waals surface area contributed by atoms with Gasteiger partial charge in [0.25, 0.3) is 5.91 Å². The highest BCUT2D eigenvalue weighted by molar-refractivity contribution is 5.98. The number of allylic oxidation sites excluding steroid dienone is 2. The molecule has 2 aliphatic carbocycles. The predicted octanol–water partition coefficient (Wildman–Crippen LogP) is 2.68. The number of hydrogen-bond acceptors (Lipinski definition) is 3. The molecule has 0 radical (unpaired) electrons. The van der Waals surface area contributed by atoms with E-state index in [1.165, 1.54) is 0 Å². The van der Waals surface area contributed by atoms with Crippen molar-refractivity contribution in [3.63, 3.8) is 0 Å². The molecule has 2 bridgehead atoms. The lowest BCUT2D eigenvalue weighted by atomic mass is 9.82. The highest BCUT2D eigenvalue weighted by atomic mass is 16.4. The van der Waals surface area contributed by atoms with Gasteiger partial charge in [-0.3, -0.25) is 14.4 Å². The van der Waals surface area contributed by atoms with Gasteiger partial charge in [0.05, 0.1) is 11.8 Å². The number of fused-ring (bicyclic) bond motifs is 2. The minimum absolute atomic E-state index is 0.0123. The van der Waals surface area contributed by atoms with Gasteiger partial charge in [-0.15, -0.1) is 0 Å². The van der Waals surface area contributed by atoms with Crippen molar-refractivity contribution in [3.8, 4) is 0 Å². The van der Waals surface area contributed by atoms with Gasteiger partial charge in [0, 0.05) is 17.3 Å². The van der Waals surface area contributed by atoms with Crippen LogP contribution in [0.5, 0.6) is 0 Å². The average Bonchev–Trinajstić information content (AvgIpc) is 3.23. The van der Waals surface area contributed by atoms with E-state index >= 15 is 0 Å². The van der Waals surface area contributed by atoms with E-state index in [4.69, 9.17) is 0 Å². The summed E-state index contributed by atoms with van der Waals surface area (Å²) in [5, 5.41) is 15.1. The molecule has 3 N–H and O–H groups in total. The fraction of sp³-hybridized carbons (Fsp3) is 0.450. The number of nitrogens with one attached hydrogen (secondary N) is 2. The Kier molecular flexibility index (Phi) is 5.11. The first-order valence-corrected chi connectivity index (χ1v) is 9.03. The van der Waals surface area contributed by atoms with Crippen LogP contribution in [-0.4, -0.2) is 28.9 Å². The lowest BCUT2D eigenvalue weighted by Crippen LogP contribution is -2.36. The van der Waals surface area contributed by atoms with E-state index < -0.39 is 17.8 Å². The number of anilines is 1. The third-order valence-electron chi connectivity index (χ3n) is 5.45. The van der Waals surface area contributed by atoms with Crippen LogP contribution in [0.1, 0.15) is 37.0 Å². The summed E-state index contributed by atoms with van der Waals surface area (Å²) < 4.78 is 0. The van der Waals surface area contributed by atoms with Gasteiger partial charge in [-0.2, -0.15) is 0 Å². The predicted molar refractivity (Wildman–Crippen MR) is 97.6 cm³/mol. The van der Waals surface area contributed by atoms with E-state index in [2.05, 4.69) is 10.6 Å². The summed E-state index contributed by atoms with van der Waals surface area (Å²) in [5.41, 5.74) is 1.08. The monoisotopic (exact) mass is 356 g/mol. The first-order chi connectivity index (χ1) is 12.4. The molecule has 6 heteroatoms. The number of hydrogen-bond donors (Lipinski definition) is 3. The fourth-order valence-electron chi connectivity index (χ4n) is 3.86. The zero-order valence-corrected chi connectivity index (χ0v) is 14.9. The standard InChI is InChI=1S/C20H24N2O4/c1-3-11(2)21-18(23)12-6-8-15(9-7-12)22-19(24)16-13-4-5-14(10-13)17(16)20(25)26/h4-9,11,13-14,16-17H,3,10H2,1-2H3,(H,21,23)(H,22,24)(H,25,26)/t11-,13-,14-,16-,17+/m0/s1. The molecule has 138 valence electrons. The Bertz CT molecular complexity index is 741. The zero-order valence-electron chi connectivity index (χ0n) is 14.9. The maximum Gasteiger partial charge on any atom is 0.307 e. The molecule has 1 aromatic carbocycles. The number of carbonyl (C=O) groups excluding carboxylic acids is 2. The molecule has 0 aromatic heterocycles. The summed E-state index contributed by atoms with van der Waals surface area (Å²) in [6.07, 6.45) is 5.45. The first-order valence-electron chi connectivity index (χ1n) is 9.03. The molecular formula is C20H24N2O4. The molecule has 0 heterocycles. The highest BCUT2D eigenvalue weighted by Crippen LogP contribution is 2.48. The van der Waals surface area contributed by atoms with Crippen LogP contribution in [0.3, 0.4) is 0 Å². The zero-order chi connectivity index (χ0) is 18.8. The molecule has 1 aromatic rings. The molecule has 6 nitrogen and oxygen atoms in total. The van der Waals surface area contributed by atoms with Gasteiger partial charge < -0.3 is 15.7 Å². The fourth-order valence-corrected chi connectivity index (χ4v) is 3.86. The van der Waals surface area contributed by atoms with Crippen molar-refractivity contribution in [1.29, 1.82) is 0 Å². The number of carbonyl (C=O) groups is 3. The Morgan fingerprint density at radius 1 is 1.12 bits per heavy atom. The Balaban J connectivity index is 1.66. The lowest BCUT2D eigenvalue weighted by molar-refractivity contribution is -0.146. The van der Waals surface area contributed by atoms with Crippen molar-refractivity contribution >= 4 is 23.5 Å². The SMILES string of the molecule is CC[C@H](C)NC(=O)c1ccc(NC(=O)[C@@H]2[C@H](C(=O)O)[C@H]3C=C[C@H]2C3)cc1.